The summed E-state index contributed by atoms with van der Waals surface area (Å²) in [6.45, 7) is 0. The summed E-state index contributed by atoms with van der Waals surface area (Å²) in [5.41, 5.74) is 0.339. The first-order chi connectivity index (χ1) is 9.06. The summed E-state index contributed by atoms with van der Waals surface area (Å²) in [5.74, 6) is -1.86. The van der Waals surface area contributed by atoms with Crippen LogP contribution in [0, 0.1) is 17.5 Å². The van der Waals surface area contributed by atoms with Crippen molar-refractivity contribution in [2.24, 2.45) is 0 Å². The van der Waals surface area contributed by atoms with E-state index in [2.05, 4.69) is 0 Å². The Bertz CT molecular complexity index is 596. The molecule has 0 N–H and O–H groups in total. The predicted octanol–water partition coefficient (Wildman–Crippen LogP) is 4.08. The van der Waals surface area contributed by atoms with Gasteiger partial charge in [-0.25, -0.2) is 13.2 Å². The number of rotatable bonds is 4. The predicted molar refractivity (Wildman–Crippen MR) is 67.8 cm³/mol. The largest absolute Gasteiger partial charge is 0.293 e. The standard InChI is InChI=1S/C14H9F3OS/c15-10-3-1-9(2-4-10)13(18)8-19-14-7-11(16)5-6-12(14)17/h1-7H,8H2. The lowest BCUT2D eigenvalue weighted by Crippen LogP contribution is -2.02. The van der Waals surface area contributed by atoms with Crippen molar-refractivity contribution < 1.29 is 18.0 Å². The van der Waals surface area contributed by atoms with E-state index in [1.54, 1.807) is 0 Å². The van der Waals surface area contributed by atoms with Crippen molar-refractivity contribution in [3.05, 3.63) is 65.5 Å². The molecule has 0 aliphatic rings. The van der Waals surface area contributed by atoms with Crippen LogP contribution in [0.5, 0.6) is 0 Å². The third kappa shape index (κ3) is 3.61. The SMILES string of the molecule is O=C(CSc1cc(F)ccc1F)c1ccc(F)cc1. The molecular weight excluding hydrogens is 273 g/mol. The Morgan fingerprint density at radius 2 is 1.58 bits per heavy atom. The summed E-state index contributed by atoms with van der Waals surface area (Å²) in [7, 11) is 0. The molecule has 0 unspecified atom stereocenters. The quantitative estimate of drug-likeness (QED) is 0.621. The van der Waals surface area contributed by atoms with Crippen LogP contribution in [-0.2, 0) is 0 Å². The van der Waals surface area contributed by atoms with Crippen LogP contribution in [0.1, 0.15) is 10.4 Å². The van der Waals surface area contributed by atoms with Crippen LogP contribution in [0.4, 0.5) is 13.2 Å². The Balaban J connectivity index is 2.04. The molecule has 0 saturated carbocycles. The van der Waals surface area contributed by atoms with Gasteiger partial charge in [0.05, 0.1) is 5.75 Å². The maximum absolute atomic E-state index is 13.3. The van der Waals surface area contributed by atoms with Gasteiger partial charge in [0, 0.05) is 10.5 Å². The summed E-state index contributed by atoms with van der Waals surface area (Å²) in [4.78, 5) is 11.8. The molecule has 1 nitrogen and oxygen atoms in total. The molecule has 0 aliphatic carbocycles. The minimum Gasteiger partial charge on any atom is -0.293 e. The first-order valence-electron chi connectivity index (χ1n) is 5.43. The molecule has 0 heterocycles. The summed E-state index contributed by atoms with van der Waals surface area (Å²) in [6.07, 6.45) is 0. The molecular formula is C14H9F3OS. The highest BCUT2D eigenvalue weighted by Gasteiger charge is 2.10. The summed E-state index contributed by atoms with van der Waals surface area (Å²) < 4.78 is 38.9. The minimum atomic E-state index is -0.571. The Hall–Kier alpha value is -1.75. The average molecular weight is 282 g/mol. The van der Waals surface area contributed by atoms with E-state index in [4.69, 9.17) is 0 Å². The molecule has 2 rings (SSSR count). The van der Waals surface area contributed by atoms with E-state index in [-0.39, 0.29) is 16.4 Å². The number of halogens is 3. The van der Waals surface area contributed by atoms with Gasteiger partial charge in [0.2, 0.25) is 0 Å². The fourth-order valence-corrected chi connectivity index (χ4v) is 2.31. The first-order valence-corrected chi connectivity index (χ1v) is 6.41. The number of thioether (sulfide) groups is 1. The van der Waals surface area contributed by atoms with E-state index >= 15 is 0 Å². The van der Waals surface area contributed by atoms with Crippen molar-refractivity contribution in [2.45, 2.75) is 4.90 Å². The lowest BCUT2D eigenvalue weighted by atomic mass is 10.1. The number of carbonyl (C=O) groups is 1. The second kappa shape index (κ2) is 5.93. The van der Waals surface area contributed by atoms with Crippen LogP contribution in [0.3, 0.4) is 0 Å². The Kier molecular flexibility index (Phi) is 4.27. The Labute approximate surface area is 112 Å². The first kappa shape index (κ1) is 13.7. The van der Waals surface area contributed by atoms with E-state index in [0.717, 1.165) is 30.0 Å². The van der Waals surface area contributed by atoms with Crippen LogP contribution in [0.25, 0.3) is 0 Å². The van der Waals surface area contributed by atoms with Gasteiger partial charge in [-0.2, -0.15) is 0 Å². The van der Waals surface area contributed by atoms with Crippen LogP contribution >= 0.6 is 11.8 Å². The van der Waals surface area contributed by atoms with E-state index in [9.17, 15) is 18.0 Å². The number of benzene rings is 2. The van der Waals surface area contributed by atoms with E-state index in [1.165, 1.54) is 24.3 Å². The lowest BCUT2D eigenvalue weighted by molar-refractivity contribution is 0.102. The van der Waals surface area contributed by atoms with Gasteiger partial charge >= 0.3 is 0 Å². The van der Waals surface area contributed by atoms with Crippen LogP contribution in [0.15, 0.2) is 47.4 Å². The van der Waals surface area contributed by atoms with Crippen molar-refractivity contribution in [3.8, 4) is 0 Å². The topological polar surface area (TPSA) is 17.1 Å². The molecule has 0 bridgehead atoms. The highest BCUT2D eigenvalue weighted by atomic mass is 32.2. The molecule has 0 spiro atoms. The van der Waals surface area contributed by atoms with Crippen molar-refractivity contribution in [1.29, 1.82) is 0 Å². The molecule has 0 aromatic heterocycles. The Morgan fingerprint density at radius 3 is 2.26 bits per heavy atom. The number of hydrogen-bond donors (Lipinski definition) is 0. The van der Waals surface area contributed by atoms with E-state index in [0.29, 0.717) is 5.56 Å². The van der Waals surface area contributed by atoms with Gasteiger partial charge in [-0.1, -0.05) is 0 Å². The molecule has 0 amide bonds. The highest BCUT2D eigenvalue weighted by Crippen LogP contribution is 2.23. The van der Waals surface area contributed by atoms with Gasteiger partial charge in [0.15, 0.2) is 5.78 Å². The number of Topliss-reactive ketones (excluding diaryl/α,β-unsaturated/α-hetero) is 1. The number of carbonyl (C=O) groups excluding carboxylic acids is 1. The molecule has 98 valence electrons. The second-order valence-corrected chi connectivity index (χ2v) is 4.81. The van der Waals surface area contributed by atoms with Gasteiger partial charge in [0.25, 0.3) is 0 Å². The molecule has 2 aromatic carbocycles. The molecule has 0 aliphatic heterocycles. The molecule has 0 radical (unpaired) electrons. The molecule has 19 heavy (non-hydrogen) atoms. The fourth-order valence-electron chi connectivity index (χ4n) is 1.45. The second-order valence-electron chi connectivity index (χ2n) is 3.79. The summed E-state index contributed by atoms with van der Waals surface area (Å²) in [6, 6.07) is 8.15. The third-order valence-corrected chi connectivity index (χ3v) is 3.45. The molecule has 5 heteroatoms. The Morgan fingerprint density at radius 1 is 0.947 bits per heavy atom. The van der Waals surface area contributed by atoms with Crippen molar-refractivity contribution in [2.75, 3.05) is 5.75 Å². The zero-order chi connectivity index (χ0) is 13.8. The minimum absolute atomic E-state index is 0.0357. The summed E-state index contributed by atoms with van der Waals surface area (Å²) in [5, 5.41) is 0. The normalized spacial score (nSPS) is 10.5. The van der Waals surface area contributed by atoms with Crippen molar-refractivity contribution >= 4 is 17.5 Å². The van der Waals surface area contributed by atoms with Gasteiger partial charge in [-0.3, -0.25) is 4.79 Å². The van der Waals surface area contributed by atoms with E-state index < -0.39 is 17.5 Å². The maximum atomic E-state index is 13.3. The zero-order valence-corrected chi connectivity index (χ0v) is 10.5. The molecule has 0 fully saturated rings. The van der Waals surface area contributed by atoms with Gasteiger partial charge < -0.3 is 0 Å². The smallest absolute Gasteiger partial charge is 0.173 e. The maximum Gasteiger partial charge on any atom is 0.173 e. The monoisotopic (exact) mass is 282 g/mol. The van der Waals surface area contributed by atoms with Crippen molar-refractivity contribution in [3.63, 3.8) is 0 Å². The van der Waals surface area contributed by atoms with E-state index in [1.807, 2.05) is 0 Å². The van der Waals surface area contributed by atoms with Crippen LogP contribution in [0.2, 0.25) is 0 Å². The zero-order valence-electron chi connectivity index (χ0n) is 9.70. The molecule has 0 saturated heterocycles. The third-order valence-electron chi connectivity index (χ3n) is 2.42. The number of hydrogen-bond acceptors (Lipinski definition) is 2. The lowest BCUT2D eigenvalue weighted by Gasteiger charge is -2.03. The van der Waals surface area contributed by atoms with Gasteiger partial charge in [-0.15, -0.1) is 11.8 Å². The van der Waals surface area contributed by atoms with Crippen molar-refractivity contribution in [1.82, 2.24) is 0 Å². The molecule has 0 atom stereocenters. The molecule has 2 aromatic rings. The van der Waals surface area contributed by atoms with Crippen LogP contribution in [-0.4, -0.2) is 11.5 Å². The number of ketones is 1. The fraction of sp³-hybridized carbons (Fsp3) is 0.0714. The summed E-state index contributed by atoms with van der Waals surface area (Å²) >= 11 is 0.910. The average Bonchev–Trinajstić information content (AvgIpc) is 2.40. The van der Waals surface area contributed by atoms with Gasteiger partial charge in [-0.05, 0) is 42.5 Å². The highest BCUT2D eigenvalue weighted by molar-refractivity contribution is 8.00. The van der Waals surface area contributed by atoms with Gasteiger partial charge in [0.1, 0.15) is 17.5 Å². The van der Waals surface area contributed by atoms with Crippen LogP contribution < -0.4 is 0 Å².